The Labute approximate surface area is 184 Å². The highest BCUT2D eigenvalue weighted by molar-refractivity contribution is 6.09. The molecule has 0 unspecified atom stereocenters. The molecule has 0 fully saturated rings. The largest absolute Gasteiger partial charge is 0.519 e. The van der Waals surface area contributed by atoms with Gasteiger partial charge in [-0.2, -0.15) is 0 Å². The van der Waals surface area contributed by atoms with Gasteiger partial charge in [-0.05, 0) is 48.5 Å². The molecular weight excluding hydrogens is 404 g/mol. The van der Waals surface area contributed by atoms with Crippen LogP contribution in [0.2, 0.25) is 0 Å². The fourth-order valence-corrected chi connectivity index (χ4v) is 3.07. The summed E-state index contributed by atoms with van der Waals surface area (Å²) in [6, 6.07) is 30.3. The number of carbonyl (C=O) groups is 3. The van der Waals surface area contributed by atoms with Crippen molar-refractivity contribution in [2.24, 2.45) is 0 Å². The molecule has 0 amide bonds. The second-order valence-corrected chi connectivity index (χ2v) is 6.89. The molecule has 0 saturated carbocycles. The molecule has 0 aliphatic carbocycles. The SMILES string of the molecule is O=C(Oc1ccc(C(=O)c2ccccc2)cc1)Oc1ccc(C(=O)c2ccccc2)cc1. The van der Waals surface area contributed by atoms with Gasteiger partial charge in [0.05, 0.1) is 0 Å². The van der Waals surface area contributed by atoms with E-state index in [0.29, 0.717) is 22.3 Å². The van der Waals surface area contributed by atoms with E-state index in [1.807, 2.05) is 12.1 Å². The standard InChI is InChI=1S/C27H18O5/c28-25(19-7-3-1-4-8-19)21-11-15-23(16-12-21)31-27(30)32-24-17-13-22(14-18-24)26(29)20-9-5-2-6-10-20/h1-18H. The third kappa shape index (κ3) is 4.96. The van der Waals surface area contributed by atoms with Gasteiger partial charge >= 0.3 is 6.16 Å². The number of hydrogen-bond donors (Lipinski definition) is 0. The zero-order chi connectivity index (χ0) is 22.3. The Kier molecular flexibility index (Phi) is 6.18. The number of hydrogen-bond acceptors (Lipinski definition) is 5. The summed E-state index contributed by atoms with van der Waals surface area (Å²) < 4.78 is 10.3. The third-order valence-electron chi connectivity index (χ3n) is 4.71. The summed E-state index contributed by atoms with van der Waals surface area (Å²) in [6.45, 7) is 0. The minimum absolute atomic E-state index is 0.120. The molecule has 0 saturated heterocycles. The predicted molar refractivity (Wildman–Crippen MR) is 119 cm³/mol. The van der Waals surface area contributed by atoms with Crippen molar-refractivity contribution in [2.45, 2.75) is 0 Å². The number of ketones is 2. The maximum atomic E-state index is 12.4. The van der Waals surface area contributed by atoms with E-state index in [4.69, 9.17) is 9.47 Å². The van der Waals surface area contributed by atoms with Crippen LogP contribution in [0, 0.1) is 0 Å². The quantitative estimate of drug-likeness (QED) is 0.226. The van der Waals surface area contributed by atoms with Crippen molar-refractivity contribution in [1.82, 2.24) is 0 Å². The monoisotopic (exact) mass is 422 g/mol. The molecule has 0 heterocycles. The molecule has 0 N–H and O–H groups in total. The van der Waals surface area contributed by atoms with Gasteiger partial charge in [-0.1, -0.05) is 60.7 Å². The Morgan fingerprint density at radius 3 is 1.06 bits per heavy atom. The Balaban J connectivity index is 1.35. The van der Waals surface area contributed by atoms with Crippen molar-refractivity contribution in [1.29, 1.82) is 0 Å². The Morgan fingerprint density at radius 2 is 0.719 bits per heavy atom. The van der Waals surface area contributed by atoms with Gasteiger partial charge in [0.2, 0.25) is 0 Å². The van der Waals surface area contributed by atoms with Crippen molar-refractivity contribution in [2.75, 3.05) is 0 Å². The number of benzene rings is 4. The first-order valence-corrected chi connectivity index (χ1v) is 9.89. The smallest absolute Gasteiger partial charge is 0.395 e. The fraction of sp³-hybridized carbons (Fsp3) is 0. The second kappa shape index (κ2) is 9.53. The van der Waals surface area contributed by atoms with Crippen LogP contribution in [0.5, 0.6) is 11.5 Å². The lowest BCUT2D eigenvalue weighted by Crippen LogP contribution is -2.14. The highest BCUT2D eigenvalue weighted by Crippen LogP contribution is 2.19. The molecule has 0 atom stereocenters. The zero-order valence-electron chi connectivity index (χ0n) is 16.9. The van der Waals surface area contributed by atoms with E-state index in [2.05, 4.69) is 0 Å². The van der Waals surface area contributed by atoms with Gasteiger partial charge in [0.25, 0.3) is 0 Å². The van der Waals surface area contributed by atoms with Crippen LogP contribution in [0.3, 0.4) is 0 Å². The van der Waals surface area contributed by atoms with Gasteiger partial charge in [-0.3, -0.25) is 9.59 Å². The highest BCUT2D eigenvalue weighted by atomic mass is 16.7. The van der Waals surface area contributed by atoms with Crippen LogP contribution in [-0.2, 0) is 0 Å². The van der Waals surface area contributed by atoms with E-state index in [1.165, 1.54) is 24.3 Å². The molecule has 4 rings (SSSR count). The van der Waals surface area contributed by atoms with Crippen LogP contribution in [0.25, 0.3) is 0 Å². The summed E-state index contributed by atoms with van der Waals surface area (Å²) in [5.41, 5.74) is 2.12. The van der Waals surface area contributed by atoms with Crippen molar-refractivity contribution in [3.05, 3.63) is 131 Å². The Morgan fingerprint density at radius 1 is 0.406 bits per heavy atom. The molecule has 0 radical (unpaired) electrons. The summed E-state index contributed by atoms with van der Waals surface area (Å²) in [5, 5.41) is 0. The average molecular weight is 422 g/mol. The van der Waals surface area contributed by atoms with Gasteiger partial charge in [0.1, 0.15) is 11.5 Å². The summed E-state index contributed by atoms with van der Waals surface area (Å²) in [7, 11) is 0. The van der Waals surface area contributed by atoms with Crippen molar-refractivity contribution < 1.29 is 23.9 Å². The number of rotatable bonds is 6. The van der Waals surface area contributed by atoms with Gasteiger partial charge in [0, 0.05) is 22.3 Å². The molecule has 32 heavy (non-hydrogen) atoms. The lowest BCUT2D eigenvalue weighted by atomic mass is 10.0. The Bertz CT molecular complexity index is 1130. The molecule has 4 aromatic rings. The molecule has 156 valence electrons. The normalized spacial score (nSPS) is 10.2. The van der Waals surface area contributed by atoms with Crippen LogP contribution >= 0.6 is 0 Å². The molecule has 4 aromatic carbocycles. The van der Waals surface area contributed by atoms with Crippen molar-refractivity contribution in [3.63, 3.8) is 0 Å². The predicted octanol–water partition coefficient (Wildman–Crippen LogP) is 5.73. The summed E-state index contributed by atoms with van der Waals surface area (Å²) >= 11 is 0. The minimum Gasteiger partial charge on any atom is -0.395 e. The molecule has 0 aliphatic heterocycles. The van der Waals surface area contributed by atoms with Gasteiger partial charge in [-0.15, -0.1) is 0 Å². The minimum atomic E-state index is -0.922. The maximum absolute atomic E-state index is 12.4. The van der Waals surface area contributed by atoms with Crippen LogP contribution in [0.1, 0.15) is 31.8 Å². The van der Waals surface area contributed by atoms with E-state index in [9.17, 15) is 14.4 Å². The van der Waals surface area contributed by atoms with Crippen molar-refractivity contribution in [3.8, 4) is 11.5 Å². The summed E-state index contributed by atoms with van der Waals surface area (Å²) in [6.07, 6.45) is -0.922. The van der Waals surface area contributed by atoms with E-state index >= 15 is 0 Å². The van der Waals surface area contributed by atoms with Gasteiger partial charge < -0.3 is 9.47 Å². The molecule has 0 spiro atoms. The van der Waals surface area contributed by atoms with Gasteiger partial charge in [0.15, 0.2) is 11.6 Å². The first-order valence-electron chi connectivity index (χ1n) is 9.89. The lowest BCUT2D eigenvalue weighted by Gasteiger charge is -2.07. The van der Waals surface area contributed by atoms with Crippen LogP contribution in [0.4, 0.5) is 4.79 Å². The first kappa shape index (κ1) is 20.8. The number of ether oxygens (including phenoxy) is 2. The first-order chi connectivity index (χ1) is 15.6. The van der Waals surface area contributed by atoms with Crippen molar-refractivity contribution >= 4 is 17.7 Å². The fourth-order valence-electron chi connectivity index (χ4n) is 3.07. The van der Waals surface area contributed by atoms with E-state index in [-0.39, 0.29) is 23.1 Å². The van der Waals surface area contributed by atoms with Crippen LogP contribution in [0.15, 0.2) is 109 Å². The lowest BCUT2D eigenvalue weighted by molar-refractivity contribution is 0.103. The topological polar surface area (TPSA) is 69.7 Å². The zero-order valence-corrected chi connectivity index (χ0v) is 16.9. The van der Waals surface area contributed by atoms with Crippen LogP contribution in [-0.4, -0.2) is 17.7 Å². The average Bonchev–Trinajstić information content (AvgIpc) is 2.85. The number of carbonyl (C=O) groups excluding carboxylic acids is 3. The van der Waals surface area contributed by atoms with Gasteiger partial charge in [-0.25, -0.2) is 4.79 Å². The highest BCUT2D eigenvalue weighted by Gasteiger charge is 2.13. The van der Waals surface area contributed by atoms with E-state index in [0.717, 1.165) is 0 Å². The van der Waals surface area contributed by atoms with E-state index in [1.54, 1.807) is 72.8 Å². The second-order valence-electron chi connectivity index (χ2n) is 6.89. The summed E-state index contributed by atoms with van der Waals surface area (Å²) in [5.74, 6) is 0.251. The maximum Gasteiger partial charge on any atom is 0.519 e. The molecule has 0 aliphatic rings. The molecule has 0 bridgehead atoms. The van der Waals surface area contributed by atoms with E-state index < -0.39 is 6.16 Å². The Hall–Kier alpha value is -4.51. The molecular formula is C27H18O5. The van der Waals surface area contributed by atoms with Crippen LogP contribution < -0.4 is 9.47 Å². The molecule has 5 nitrogen and oxygen atoms in total. The molecule has 5 heteroatoms. The molecule has 0 aromatic heterocycles. The summed E-state index contributed by atoms with van der Waals surface area (Å²) in [4.78, 5) is 36.9. The third-order valence-corrected chi connectivity index (χ3v) is 4.71.